The van der Waals surface area contributed by atoms with Gasteiger partial charge in [-0.2, -0.15) is 0 Å². The summed E-state index contributed by atoms with van der Waals surface area (Å²) in [7, 11) is -3.65. The molecule has 0 saturated heterocycles. The third-order valence-electron chi connectivity index (χ3n) is 5.92. The molecule has 4 rings (SSSR count). The Bertz CT molecular complexity index is 1020. The van der Waals surface area contributed by atoms with Crippen LogP contribution in [0.5, 0.6) is 0 Å². The highest BCUT2D eigenvalue weighted by molar-refractivity contribution is 7.89. The Kier molecular flexibility index (Phi) is 4.98. The zero-order valence-electron chi connectivity index (χ0n) is 15.3. The number of hydrogen-bond donors (Lipinski definition) is 2. The maximum Gasteiger partial charge on any atom is 0.240 e. The van der Waals surface area contributed by atoms with Crippen LogP contribution in [0.4, 0.5) is 10.1 Å². The molecule has 1 heterocycles. The number of fused-ring (bicyclic) bond motifs is 3. The van der Waals surface area contributed by atoms with Crippen LogP contribution in [0.3, 0.4) is 0 Å². The van der Waals surface area contributed by atoms with Gasteiger partial charge in [0.1, 0.15) is 5.82 Å². The molecule has 28 heavy (non-hydrogen) atoms. The van der Waals surface area contributed by atoms with Gasteiger partial charge in [0.2, 0.25) is 10.0 Å². The van der Waals surface area contributed by atoms with E-state index in [2.05, 4.69) is 16.6 Å². The standard InChI is InChI=1S/C21H22ClFN2O2S/c1-14-3-2-4-20-21(14,18-13-16(23)7-10-19(18)25-20)11-12-24-28(26,27)17-8-5-15(22)6-9-17/h5-10,13,20,24-25H,1-4,11-12H2/t20-,21-/m0/s1. The van der Waals surface area contributed by atoms with Gasteiger partial charge in [0, 0.05) is 28.7 Å². The highest BCUT2D eigenvalue weighted by Gasteiger charge is 2.50. The molecular formula is C21H22ClFN2O2S. The molecule has 1 saturated carbocycles. The van der Waals surface area contributed by atoms with Crippen molar-refractivity contribution in [2.45, 2.75) is 42.0 Å². The van der Waals surface area contributed by atoms with Crippen molar-refractivity contribution in [1.29, 1.82) is 0 Å². The van der Waals surface area contributed by atoms with E-state index in [0.717, 1.165) is 36.1 Å². The maximum absolute atomic E-state index is 14.0. The highest BCUT2D eigenvalue weighted by atomic mass is 35.5. The van der Waals surface area contributed by atoms with Gasteiger partial charge in [-0.3, -0.25) is 0 Å². The first kappa shape index (κ1) is 19.4. The van der Waals surface area contributed by atoms with Gasteiger partial charge < -0.3 is 5.32 Å². The fourth-order valence-electron chi connectivity index (χ4n) is 4.57. The van der Waals surface area contributed by atoms with Crippen molar-refractivity contribution >= 4 is 27.3 Å². The van der Waals surface area contributed by atoms with E-state index in [-0.39, 0.29) is 23.3 Å². The van der Waals surface area contributed by atoms with Gasteiger partial charge in [-0.15, -0.1) is 0 Å². The zero-order valence-corrected chi connectivity index (χ0v) is 16.9. The van der Waals surface area contributed by atoms with Crippen LogP contribution < -0.4 is 10.0 Å². The van der Waals surface area contributed by atoms with Crippen molar-refractivity contribution in [3.8, 4) is 0 Å². The number of halogens is 2. The summed E-state index contributed by atoms with van der Waals surface area (Å²) in [4.78, 5) is 0.171. The van der Waals surface area contributed by atoms with Gasteiger partial charge in [-0.1, -0.05) is 23.8 Å². The number of sulfonamides is 1. The first-order chi connectivity index (χ1) is 13.3. The molecule has 0 bridgehead atoms. The van der Waals surface area contributed by atoms with Crippen molar-refractivity contribution in [1.82, 2.24) is 4.72 Å². The van der Waals surface area contributed by atoms with Crippen molar-refractivity contribution in [2.24, 2.45) is 0 Å². The molecule has 1 aliphatic heterocycles. The molecule has 0 aromatic heterocycles. The first-order valence-electron chi connectivity index (χ1n) is 9.33. The van der Waals surface area contributed by atoms with Crippen LogP contribution in [0.2, 0.25) is 5.02 Å². The molecule has 1 aliphatic carbocycles. The fraction of sp³-hybridized carbons (Fsp3) is 0.333. The number of hydrogen-bond acceptors (Lipinski definition) is 3. The lowest BCUT2D eigenvalue weighted by molar-refractivity contribution is 0.343. The van der Waals surface area contributed by atoms with E-state index in [1.165, 1.54) is 18.2 Å². The molecule has 0 radical (unpaired) electrons. The SMILES string of the molecule is C=C1CCC[C@@H]2Nc3ccc(F)cc3[C@]12CCNS(=O)(=O)c1ccc(Cl)cc1. The Morgan fingerprint density at radius 3 is 2.75 bits per heavy atom. The monoisotopic (exact) mass is 420 g/mol. The Morgan fingerprint density at radius 2 is 2.00 bits per heavy atom. The summed E-state index contributed by atoms with van der Waals surface area (Å²) < 4.78 is 41.9. The summed E-state index contributed by atoms with van der Waals surface area (Å²) in [5.41, 5.74) is 2.37. The Balaban J connectivity index is 1.59. The molecule has 2 aromatic rings. The Morgan fingerprint density at radius 1 is 1.25 bits per heavy atom. The summed E-state index contributed by atoms with van der Waals surface area (Å²) >= 11 is 5.84. The summed E-state index contributed by atoms with van der Waals surface area (Å²) in [5, 5.41) is 3.98. The minimum absolute atomic E-state index is 0.102. The second kappa shape index (κ2) is 7.17. The number of anilines is 1. The van der Waals surface area contributed by atoms with Crippen LogP contribution >= 0.6 is 11.6 Å². The molecule has 4 nitrogen and oxygen atoms in total. The molecule has 0 spiro atoms. The smallest absolute Gasteiger partial charge is 0.240 e. The molecule has 2 atom stereocenters. The zero-order chi connectivity index (χ0) is 19.9. The third-order valence-corrected chi connectivity index (χ3v) is 7.65. The van der Waals surface area contributed by atoms with E-state index in [1.807, 2.05) is 0 Å². The van der Waals surface area contributed by atoms with Crippen LogP contribution in [0.1, 0.15) is 31.2 Å². The van der Waals surface area contributed by atoms with Crippen LogP contribution in [-0.4, -0.2) is 21.0 Å². The first-order valence-corrected chi connectivity index (χ1v) is 11.2. The second-order valence-electron chi connectivity index (χ2n) is 7.46. The molecule has 7 heteroatoms. The van der Waals surface area contributed by atoms with Crippen LogP contribution in [0.15, 0.2) is 59.5 Å². The summed E-state index contributed by atoms with van der Waals surface area (Å²) in [6.45, 7) is 4.52. The Labute approximate surface area is 169 Å². The predicted molar refractivity (Wildman–Crippen MR) is 110 cm³/mol. The molecular weight excluding hydrogens is 399 g/mol. The van der Waals surface area contributed by atoms with Crippen molar-refractivity contribution in [3.05, 3.63) is 71.0 Å². The average Bonchev–Trinajstić information content (AvgIpc) is 2.97. The van der Waals surface area contributed by atoms with Crippen molar-refractivity contribution in [2.75, 3.05) is 11.9 Å². The highest BCUT2D eigenvalue weighted by Crippen LogP contribution is 2.53. The largest absolute Gasteiger partial charge is 0.381 e. The molecule has 1 fully saturated rings. The van der Waals surface area contributed by atoms with Gasteiger partial charge in [0.25, 0.3) is 0 Å². The quantitative estimate of drug-likeness (QED) is 0.694. The van der Waals surface area contributed by atoms with Gasteiger partial charge in [-0.25, -0.2) is 17.5 Å². The molecule has 2 N–H and O–H groups in total. The molecule has 0 unspecified atom stereocenters. The molecule has 2 aromatic carbocycles. The maximum atomic E-state index is 14.0. The number of rotatable bonds is 5. The average molecular weight is 421 g/mol. The minimum Gasteiger partial charge on any atom is -0.381 e. The summed E-state index contributed by atoms with van der Waals surface area (Å²) in [6, 6.07) is 10.9. The van der Waals surface area contributed by atoms with Gasteiger partial charge >= 0.3 is 0 Å². The van der Waals surface area contributed by atoms with Crippen LogP contribution in [-0.2, 0) is 15.4 Å². The molecule has 0 amide bonds. The lowest BCUT2D eigenvalue weighted by Gasteiger charge is -2.42. The van der Waals surface area contributed by atoms with E-state index in [9.17, 15) is 12.8 Å². The van der Waals surface area contributed by atoms with Crippen molar-refractivity contribution < 1.29 is 12.8 Å². The van der Waals surface area contributed by atoms with Gasteiger partial charge in [0.05, 0.1) is 4.90 Å². The fourth-order valence-corrected chi connectivity index (χ4v) is 5.73. The number of benzene rings is 2. The normalized spacial score (nSPS) is 23.8. The lowest BCUT2D eigenvalue weighted by atomic mass is 9.63. The van der Waals surface area contributed by atoms with E-state index in [1.54, 1.807) is 24.3 Å². The molecule has 148 valence electrons. The van der Waals surface area contributed by atoms with E-state index in [4.69, 9.17) is 11.6 Å². The van der Waals surface area contributed by atoms with E-state index >= 15 is 0 Å². The topological polar surface area (TPSA) is 58.2 Å². The predicted octanol–water partition coefficient (Wildman–Crippen LogP) is 4.62. The van der Waals surface area contributed by atoms with Gasteiger partial charge in [0.15, 0.2) is 0 Å². The second-order valence-corrected chi connectivity index (χ2v) is 9.66. The van der Waals surface area contributed by atoms with Crippen molar-refractivity contribution in [3.63, 3.8) is 0 Å². The summed E-state index contributed by atoms with van der Waals surface area (Å²) in [6.07, 6.45) is 3.34. The van der Waals surface area contributed by atoms with Gasteiger partial charge in [-0.05, 0) is 73.7 Å². The van der Waals surface area contributed by atoms with E-state index < -0.39 is 15.4 Å². The Hall–Kier alpha value is -1.89. The third kappa shape index (κ3) is 3.23. The van der Waals surface area contributed by atoms with Crippen LogP contribution in [0.25, 0.3) is 0 Å². The number of nitrogens with one attached hydrogen (secondary N) is 2. The minimum atomic E-state index is -3.65. The van der Waals surface area contributed by atoms with Crippen LogP contribution in [0, 0.1) is 5.82 Å². The molecule has 2 aliphatic rings. The van der Waals surface area contributed by atoms with E-state index in [0.29, 0.717) is 11.4 Å². The lowest BCUT2D eigenvalue weighted by Crippen LogP contribution is -2.45. The summed E-state index contributed by atoms with van der Waals surface area (Å²) in [5.74, 6) is -0.291.